The van der Waals surface area contributed by atoms with Gasteiger partial charge in [0.2, 0.25) is 0 Å². The fourth-order valence-electron chi connectivity index (χ4n) is 1.29. The van der Waals surface area contributed by atoms with Gasteiger partial charge in [-0.3, -0.25) is 0 Å². The molecule has 5 heteroatoms. The Morgan fingerprint density at radius 1 is 1.00 bits per heavy atom. The molecule has 0 aromatic rings. The fourth-order valence-corrected chi connectivity index (χ4v) is 1.29. The molecule has 0 aliphatic heterocycles. The van der Waals surface area contributed by atoms with Crippen LogP contribution in [-0.2, 0) is 14.2 Å². The molecule has 0 unspecified atom stereocenters. The molecule has 0 amide bonds. The van der Waals surface area contributed by atoms with E-state index < -0.39 is 0 Å². The average Bonchev–Trinajstić information content (AvgIpc) is 2.36. The SMILES string of the molecule is CCN(CCC#N)CCOCCOCCOC. The summed E-state index contributed by atoms with van der Waals surface area (Å²) in [4.78, 5) is 2.20. The van der Waals surface area contributed by atoms with Gasteiger partial charge in [-0.05, 0) is 6.54 Å². The summed E-state index contributed by atoms with van der Waals surface area (Å²) in [5.41, 5.74) is 0. The van der Waals surface area contributed by atoms with Crippen LogP contribution < -0.4 is 0 Å². The van der Waals surface area contributed by atoms with Gasteiger partial charge in [-0.2, -0.15) is 5.26 Å². The van der Waals surface area contributed by atoms with Crippen LogP contribution in [0.15, 0.2) is 0 Å². The first-order valence-electron chi connectivity index (χ1n) is 6.08. The summed E-state index contributed by atoms with van der Waals surface area (Å²) in [6.45, 7) is 7.87. The Hall–Kier alpha value is -0.670. The number of likely N-dealkylation sites (N-methyl/N-ethyl adjacent to an activating group) is 1. The first-order chi connectivity index (χ1) is 8.35. The number of nitriles is 1. The number of methoxy groups -OCH3 is 1. The Labute approximate surface area is 104 Å². The smallest absolute Gasteiger partial charge is 0.0701 e. The highest BCUT2D eigenvalue weighted by Crippen LogP contribution is 1.91. The largest absolute Gasteiger partial charge is 0.382 e. The first kappa shape index (κ1) is 16.3. The summed E-state index contributed by atoms with van der Waals surface area (Å²) in [6, 6.07) is 2.15. The van der Waals surface area contributed by atoms with Crippen LogP contribution in [0.25, 0.3) is 0 Å². The second kappa shape index (κ2) is 13.4. The Morgan fingerprint density at radius 3 is 2.24 bits per heavy atom. The number of rotatable bonds is 12. The fraction of sp³-hybridized carbons (Fsp3) is 0.917. The summed E-state index contributed by atoms with van der Waals surface area (Å²) >= 11 is 0. The Balaban J connectivity index is 3.22. The van der Waals surface area contributed by atoms with Crippen molar-refractivity contribution in [2.45, 2.75) is 13.3 Å². The van der Waals surface area contributed by atoms with Crippen molar-refractivity contribution >= 4 is 0 Å². The van der Waals surface area contributed by atoms with Crippen molar-refractivity contribution in [1.29, 1.82) is 5.26 Å². The van der Waals surface area contributed by atoms with Crippen LogP contribution in [0.4, 0.5) is 0 Å². The van der Waals surface area contributed by atoms with Crippen molar-refractivity contribution in [3.63, 3.8) is 0 Å². The maximum Gasteiger partial charge on any atom is 0.0701 e. The quantitative estimate of drug-likeness (QED) is 0.477. The van der Waals surface area contributed by atoms with Gasteiger partial charge in [-0.25, -0.2) is 0 Å². The van der Waals surface area contributed by atoms with Gasteiger partial charge >= 0.3 is 0 Å². The summed E-state index contributed by atoms with van der Waals surface area (Å²) in [6.07, 6.45) is 0.577. The summed E-state index contributed by atoms with van der Waals surface area (Å²) in [7, 11) is 1.65. The lowest BCUT2D eigenvalue weighted by molar-refractivity contribution is 0.0199. The van der Waals surface area contributed by atoms with Gasteiger partial charge in [0, 0.05) is 26.6 Å². The molecule has 100 valence electrons. The average molecular weight is 244 g/mol. The molecule has 0 saturated carbocycles. The van der Waals surface area contributed by atoms with Crippen LogP contribution >= 0.6 is 0 Å². The third-order valence-electron chi connectivity index (χ3n) is 2.34. The molecule has 5 nitrogen and oxygen atoms in total. The van der Waals surface area contributed by atoms with Crippen molar-refractivity contribution in [2.75, 3.05) is 59.8 Å². The molecule has 0 aliphatic carbocycles. The molecule has 0 radical (unpaired) electrons. The van der Waals surface area contributed by atoms with Crippen molar-refractivity contribution in [3.8, 4) is 6.07 Å². The predicted octanol–water partition coefficient (Wildman–Crippen LogP) is 0.902. The standard InChI is InChI=1S/C12H24N2O3/c1-3-14(6-4-5-13)7-8-16-11-12-17-10-9-15-2/h3-4,6-12H2,1-2H3. The van der Waals surface area contributed by atoms with Gasteiger partial charge in [-0.1, -0.05) is 6.92 Å². The number of hydrogen-bond donors (Lipinski definition) is 0. The molecule has 0 fully saturated rings. The van der Waals surface area contributed by atoms with E-state index in [9.17, 15) is 0 Å². The molecular formula is C12H24N2O3. The van der Waals surface area contributed by atoms with Crippen LogP contribution in [0.3, 0.4) is 0 Å². The van der Waals surface area contributed by atoms with Crippen molar-refractivity contribution in [1.82, 2.24) is 4.90 Å². The van der Waals surface area contributed by atoms with E-state index in [-0.39, 0.29) is 0 Å². The Morgan fingerprint density at radius 2 is 1.65 bits per heavy atom. The third kappa shape index (κ3) is 11.6. The van der Waals surface area contributed by atoms with Crippen LogP contribution in [-0.4, -0.2) is 64.7 Å². The third-order valence-corrected chi connectivity index (χ3v) is 2.34. The van der Waals surface area contributed by atoms with Gasteiger partial charge in [0.1, 0.15) is 0 Å². The van der Waals surface area contributed by atoms with E-state index in [2.05, 4.69) is 17.9 Å². The van der Waals surface area contributed by atoms with Gasteiger partial charge in [-0.15, -0.1) is 0 Å². The van der Waals surface area contributed by atoms with E-state index >= 15 is 0 Å². The lowest BCUT2D eigenvalue weighted by Crippen LogP contribution is -2.28. The van der Waals surface area contributed by atoms with E-state index in [1.54, 1.807) is 7.11 Å². The zero-order valence-electron chi connectivity index (χ0n) is 11.0. The summed E-state index contributed by atoms with van der Waals surface area (Å²) in [5.74, 6) is 0. The molecule has 0 aromatic heterocycles. The zero-order valence-corrected chi connectivity index (χ0v) is 11.0. The van der Waals surface area contributed by atoms with Gasteiger partial charge in [0.15, 0.2) is 0 Å². The number of nitrogens with zero attached hydrogens (tertiary/aromatic N) is 2. The van der Waals surface area contributed by atoms with Crippen molar-refractivity contribution in [3.05, 3.63) is 0 Å². The molecule has 0 heterocycles. The van der Waals surface area contributed by atoms with Crippen molar-refractivity contribution in [2.24, 2.45) is 0 Å². The van der Waals surface area contributed by atoms with Crippen LogP contribution in [0.5, 0.6) is 0 Å². The van der Waals surface area contributed by atoms with Crippen LogP contribution in [0.1, 0.15) is 13.3 Å². The molecule has 17 heavy (non-hydrogen) atoms. The molecule has 0 spiro atoms. The Kier molecular flexibility index (Phi) is 12.9. The van der Waals surface area contributed by atoms with E-state index in [4.69, 9.17) is 19.5 Å². The summed E-state index contributed by atoms with van der Waals surface area (Å²) in [5, 5.41) is 8.49. The topological polar surface area (TPSA) is 54.7 Å². The predicted molar refractivity (Wildman–Crippen MR) is 65.9 cm³/mol. The van der Waals surface area contributed by atoms with Crippen LogP contribution in [0, 0.1) is 11.3 Å². The second-order valence-electron chi connectivity index (χ2n) is 3.56. The highest BCUT2D eigenvalue weighted by molar-refractivity contribution is 4.71. The molecule has 0 bridgehead atoms. The Bertz CT molecular complexity index is 195. The first-order valence-corrected chi connectivity index (χ1v) is 6.08. The zero-order chi connectivity index (χ0) is 12.8. The molecule has 0 N–H and O–H groups in total. The minimum Gasteiger partial charge on any atom is -0.382 e. The molecule has 0 rings (SSSR count). The molecule has 0 aliphatic rings. The highest BCUT2D eigenvalue weighted by atomic mass is 16.5. The van der Waals surface area contributed by atoms with Gasteiger partial charge in [0.25, 0.3) is 0 Å². The maximum absolute atomic E-state index is 8.49. The van der Waals surface area contributed by atoms with E-state index in [1.807, 2.05) is 0 Å². The minimum atomic E-state index is 0.577. The monoisotopic (exact) mass is 244 g/mol. The van der Waals surface area contributed by atoms with E-state index in [1.165, 1.54) is 0 Å². The molecule has 0 saturated heterocycles. The van der Waals surface area contributed by atoms with Crippen LogP contribution in [0.2, 0.25) is 0 Å². The second-order valence-corrected chi connectivity index (χ2v) is 3.56. The maximum atomic E-state index is 8.49. The van der Waals surface area contributed by atoms with Gasteiger partial charge in [0.05, 0.1) is 39.1 Å². The van der Waals surface area contributed by atoms with Gasteiger partial charge < -0.3 is 19.1 Å². The lowest BCUT2D eigenvalue weighted by Gasteiger charge is -2.18. The molecular weight excluding hydrogens is 220 g/mol. The highest BCUT2D eigenvalue weighted by Gasteiger charge is 2.00. The number of hydrogen-bond acceptors (Lipinski definition) is 5. The van der Waals surface area contributed by atoms with Crippen molar-refractivity contribution < 1.29 is 14.2 Å². The minimum absolute atomic E-state index is 0.577. The normalized spacial score (nSPS) is 10.7. The lowest BCUT2D eigenvalue weighted by atomic mass is 10.4. The molecule has 0 atom stereocenters. The number of ether oxygens (including phenoxy) is 3. The van der Waals surface area contributed by atoms with E-state index in [0.29, 0.717) is 39.5 Å². The van der Waals surface area contributed by atoms with E-state index in [0.717, 1.165) is 19.6 Å². The summed E-state index contributed by atoms with van der Waals surface area (Å²) < 4.78 is 15.6. The molecule has 0 aromatic carbocycles.